The molecule has 0 aromatic carbocycles. The molecule has 2 bridgehead atoms. The number of hydrogen-bond acceptors (Lipinski definition) is 6. The Bertz CT molecular complexity index is 1080. The van der Waals surface area contributed by atoms with Gasteiger partial charge in [-0.3, -0.25) is 19.3 Å². The first-order valence-electron chi connectivity index (χ1n) is 9.95. The summed E-state index contributed by atoms with van der Waals surface area (Å²) >= 11 is 0. The van der Waals surface area contributed by atoms with Crippen LogP contribution < -0.4 is 0 Å². The SMILES string of the molecule is O=C1/C=C/C=C/C=C\C=C2/C=CC=C(O2)C(=O)C(=O)N2CC=CC=C2C(=O)OCC/C=C/1. The zero-order valence-electron chi connectivity index (χ0n) is 17.2. The van der Waals surface area contributed by atoms with E-state index >= 15 is 0 Å². The average Bonchev–Trinajstić information content (AvgIpc) is 2.81. The van der Waals surface area contributed by atoms with E-state index in [1.165, 1.54) is 24.3 Å². The van der Waals surface area contributed by atoms with Crippen LogP contribution in [-0.4, -0.2) is 41.5 Å². The van der Waals surface area contributed by atoms with Crippen molar-refractivity contribution in [3.05, 3.63) is 108 Å². The molecular formula is C25H21NO6. The molecule has 0 aromatic rings. The lowest BCUT2D eigenvalue weighted by molar-refractivity contribution is -0.147. The Morgan fingerprint density at radius 3 is 2.44 bits per heavy atom. The van der Waals surface area contributed by atoms with Crippen LogP contribution in [0.4, 0.5) is 0 Å². The van der Waals surface area contributed by atoms with E-state index in [0.717, 1.165) is 4.90 Å². The maximum atomic E-state index is 12.8. The van der Waals surface area contributed by atoms with E-state index in [4.69, 9.17) is 9.47 Å². The molecule has 3 aliphatic heterocycles. The summed E-state index contributed by atoms with van der Waals surface area (Å²) in [4.78, 5) is 50.9. The summed E-state index contributed by atoms with van der Waals surface area (Å²) in [5.41, 5.74) is -0.0449. The van der Waals surface area contributed by atoms with Crippen LogP contribution in [0.5, 0.6) is 0 Å². The summed E-state index contributed by atoms with van der Waals surface area (Å²) in [6.07, 6.45) is 24.1. The standard InChI is InChI=1S/C25H21NO6/c27-19-11-4-2-1-3-5-13-20-14-10-16-22(32-20)23(28)24(29)26-17-8-6-15-21(26)25(30)31-18-9-7-12-19/h1-8,10-16H,9,17-18H2/b2-1+,5-3-,11-4+,12-7+,20-13+. The highest BCUT2D eigenvalue weighted by Gasteiger charge is 2.32. The molecule has 1 amide bonds. The van der Waals surface area contributed by atoms with Gasteiger partial charge in [0.2, 0.25) is 0 Å². The minimum absolute atomic E-state index is 0.0151. The zero-order valence-corrected chi connectivity index (χ0v) is 17.2. The number of ether oxygens (including phenoxy) is 2. The number of carbonyl (C=O) groups is 4. The van der Waals surface area contributed by atoms with Crippen molar-refractivity contribution in [2.45, 2.75) is 6.42 Å². The van der Waals surface area contributed by atoms with Crippen molar-refractivity contribution < 1.29 is 28.7 Å². The van der Waals surface area contributed by atoms with Crippen molar-refractivity contribution >= 4 is 23.4 Å². The molecule has 0 atom stereocenters. The van der Waals surface area contributed by atoms with Gasteiger partial charge in [-0.15, -0.1) is 0 Å². The number of Topliss-reactive ketones (excluding diaryl/α,β-unsaturated/α-hetero) is 1. The molecule has 3 rings (SSSR count). The third-order valence-electron chi connectivity index (χ3n) is 4.34. The number of rotatable bonds is 0. The van der Waals surface area contributed by atoms with E-state index in [9.17, 15) is 19.2 Å². The molecule has 0 spiro atoms. The normalized spacial score (nSPS) is 25.6. The van der Waals surface area contributed by atoms with Crippen LogP contribution in [0.3, 0.4) is 0 Å². The summed E-state index contributed by atoms with van der Waals surface area (Å²) in [5.74, 6) is -2.50. The summed E-state index contributed by atoms with van der Waals surface area (Å²) < 4.78 is 10.7. The van der Waals surface area contributed by atoms with Gasteiger partial charge in [-0.25, -0.2) is 4.79 Å². The van der Waals surface area contributed by atoms with Crippen molar-refractivity contribution in [2.75, 3.05) is 13.2 Å². The van der Waals surface area contributed by atoms with Gasteiger partial charge in [0, 0.05) is 6.54 Å². The lowest BCUT2D eigenvalue weighted by atomic mass is 10.1. The van der Waals surface area contributed by atoms with E-state index in [1.807, 2.05) is 0 Å². The molecule has 0 aliphatic carbocycles. The smallest absolute Gasteiger partial charge is 0.355 e. The quantitative estimate of drug-likeness (QED) is 0.433. The van der Waals surface area contributed by atoms with E-state index < -0.39 is 17.7 Å². The van der Waals surface area contributed by atoms with Crippen molar-refractivity contribution in [2.24, 2.45) is 0 Å². The predicted octanol–water partition coefficient (Wildman–Crippen LogP) is 2.93. The molecule has 7 heteroatoms. The minimum Gasteiger partial charge on any atom is -0.461 e. The zero-order chi connectivity index (χ0) is 22.8. The Kier molecular flexibility index (Phi) is 7.86. The minimum atomic E-state index is -0.903. The summed E-state index contributed by atoms with van der Waals surface area (Å²) in [7, 11) is 0. The maximum absolute atomic E-state index is 12.8. The number of ketones is 2. The molecule has 0 unspecified atom stereocenters. The molecule has 7 nitrogen and oxygen atoms in total. The van der Waals surface area contributed by atoms with Crippen LogP contribution in [0.15, 0.2) is 108 Å². The molecule has 32 heavy (non-hydrogen) atoms. The van der Waals surface area contributed by atoms with Crippen LogP contribution in [0.25, 0.3) is 0 Å². The number of fused-ring (bicyclic) bond motifs is 3. The summed E-state index contributed by atoms with van der Waals surface area (Å²) in [5, 5.41) is 0. The monoisotopic (exact) mass is 431 g/mol. The molecule has 0 fully saturated rings. The van der Waals surface area contributed by atoms with E-state index in [1.54, 1.807) is 66.8 Å². The van der Waals surface area contributed by atoms with Gasteiger partial charge in [0.1, 0.15) is 11.5 Å². The molecule has 3 heterocycles. The Hall–Kier alpha value is -4.26. The average molecular weight is 431 g/mol. The maximum Gasteiger partial charge on any atom is 0.355 e. The lowest BCUT2D eigenvalue weighted by Crippen LogP contribution is -2.41. The highest BCUT2D eigenvalue weighted by Crippen LogP contribution is 2.19. The van der Waals surface area contributed by atoms with Gasteiger partial charge < -0.3 is 9.47 Å². The highest BCUT2D eigenvalue weighted by atomic mass is 16.5. The number of cyclic esters (lactones) is 1. The molecule has 0 aromatic heterocycles. The molecule has 0 radical (unpaired) electrons. The van der Waals surface area contributed by atoms with E-state index in [0.29, 0.717) is 12.2 Å². The summed E-state index contributed by atoms with van der Waals surface area (Å²) in [6, 6.07) is 0. The lowest BCUT2D eigenvalue weighted by Gasteiger charge is -2.24. The van der Waals surface area contributed by atoms with E-state index in [-0.39, 0.29) is 30.4 Å². The second kappa shape index (κ2) is 11.2. The largest absolute Gasteiger partial charge is 0.461 e. The third-order valence-corrected chi connectivity index (χ3v) is 4.34. The molecule has 162 valence electrons. The van der Waals surface area contributed by atoms with Crippen molar-refractivity contribution in [3.63, 3.8) is 0 Å². The number of amides is 1. The van der Waals surface area contributed by atoms with Crippen LogP contribution in [-0.2, 0) is 28.7 Å². The highest BCUT2D eigenvalue weighted by molar-refractivity contribution is 6.42. The summed E-state index contributed by atoms with van der Waals surface area (Å²) in [6.45, 7) is 0.0639. The van der Waals surface area contributed by atoms with Crippen LogP contribution in [0, 0.1) is 0 Å². The number of allylic oxidation sites excluding steroid dienone is 13. The van der Waals surface area contributed by atoms with Crippen LogP contribution in [0.1, 0.15) is 6.42 Å². The number of hydrogen-bond donors (Lipinski definition) is 0. The topological polar surface area (TPSA) is 90.0 Å². The third kappa shape index (κ3) is 6.12. The molecule has 0 N–H and O–H groups in total. The van der Waals surface area contributed by atoms with Gasteiger partial charge in [0.25, 0.3) is 5.78 Å². The Morgan fingerprint density at radius 2 is 1.56 bits per heavy atom. The van der Waals surface area contributed by atoms with Crippen molar-refractivity contribution in [1.82, 2.24) is 4.90 Å². The van der Waals surface area contributed by atoms with Gasteiger partial charge in [0.15, 0.2) is 11.5 Å². The predicted molar refractivity (Wildman–Crippen MR) is 117 cm³/mol. The molecule has 0 saturated heterocycles. The number of nitrogens with zero attached hydrogens (tertiary/aromatic N) is 1. The Balaban J connectivity index is 1.85. The van der Waals surface area contributed by atoms with Crippen molar-refractivity contribution in [3.8, 4) is 0 Å². The first-order valence-corrected chi connectivity index (χ1v) is 9.95. The van der Waals surface area contributed by atoms with E-state index in [2.05, 4.69) is 0 Å². The molecule has 3 aliphatic rings. The van der Waals surface area contributed by atoms with Gasteiger partial charge in [-0.2, -0.15) is 0 Å². The first-order chi connectivity index (χ1) is 15.6. The number of carbonyl (C=O) groups excluding carboxylic acids is 4. The van der Waals surface area contributed by atoms with Crippen molar-refractivity contribution in [1.29, 1.82) is 0 Å². The second-order valence-electron chi connectivity index (χ2n) is 6.64. The fourth-order valence-electron chi connectivity index (χ4n) is 2.79. The van der Waals surface area contributed by atoms with Crippen LogP contribution >= 0.6 is 0 Å². The Labute approximate surface area is 185 Å². The number of esters is 1. The second-order valence-corrected chi connectivity index (χ2v) is 6.64. The fraction of sp³-hybridized carbons (Fsp3) is 0.120. The van der Waals surface area contributed by atoms with Gasteiger partial charge in [0.05, 0.1) is 6.61 Å². The van der Waals surface area contributed by atoms with Crippen LogP contribution in [0.2, 0.25) is 0 Å². The Morgan fingerprint density at radius 1 is 0.750 bits per heavy atom. The first kappa shape index (κ1) is 22.4. The molecule has 0 saturated carbocycles. The van der Waals surface area contributed by atoms with Gasteiger partial charge in [-0.05, 0) is 42.9 Å². The van der Waals surface area contributed by atoms with Gasteiger partial charge in [-0.1, -0.05) is 54.7 Å². The fourth-order valence-corrected chi connectivity index (χ4v) is 2.79. The van der Waals surface area contributed by atoms with Gasteiger partial charge >= 0.3 is 11.9 Å². The molecular weight excluding hydrogens is 410 g/mol.